The van der Waals surface area contributed by atoms with Gasteiger partial charge in [-0.2, -0.15) is 0 Å². The van der Waals surface area contributed by atoms with Crippen LogP contribution in [0.15, 0.2) is 18.2 Å². The number of hydrogen-bond donors (Lipinski definition) is 1. The molecular formula is C20H25N3O3. The summed E-state index contributed by atoms with van der Waals surface area (Å²) in [7, 11) is 0. The van der Waals surface area contributed by atoms with Gasteiger partial charge >= 0.3 is 0 Å². The third kappa shape index (κ3) is 3.08. The molecule has 2 fully saturated rings. The normalized spacial score (nSPS) is 22.8. The van der Waals surface area contributed by atoms with Crippen molar-refractivity contribution in [2.75, 3.05) is 23.3 Å². The first-order valence-electron chi connectivity index (χ1n) is 9.54. The number of nitrogens with zero attached hydrogens (tertiary/aromatic N) is 2. The summed E-state index contributed by atoms with van der Waals surface area (Å²) in [6.45, 7) is 2.80. The predicted molar refractivity (Wildman–Crippen MR) is 98.9 cm³/mol. The minimum atomic E-state index is -0.273. The van der Waals surface area contributed by atoms with Gasteiger partial charge in [0.2, 0.25) is 17.7 Å². The summed E-state index contributed by atoms with van der Waals surface area (Å²) in [5, 5.41) is 2.97. The van der Waals surface area contributed by atoms with Crippen molar-refractivity contribution in [3.8, 4) is 0 Å². The average molecular weight is 355 g/mol. The largest absolute Gasteiger partial charge is 0.339 e. The lowest BCUT2D eigenvalue weighted by Gasteiger charge is -2.23. The lowest BCUT2D eigenvalue weighted by Crippen LogP contribution is -2.35. The minimum absolute atomic E-state index is 0.0389. The highest BCUT2D eigenvalue weighted by atomic mass is 16.2. The molecule has 1 atom stereocenters. The Bertz CT molecular complexity index is 755. The Labute approximate surface area is 153 Å². The number of benzene rings is 1. The summed E-state index contributed by atoms with van der Waals surface area (Å²) in [6.07, 6.45) is 5.60. The molecule has 26 heavy (non-hydrogen) atoms. The third-order valence-electron chi connectivity index (χ3n) is 5.92. The van der Waals surface area contributed by atoms with Gasteiger partial charge in [0.1, 0.15) is 0 Å². The van der Waals surface area contributed by atoms with Crippen molar-refractivity contribution in [2.45, 2.75) is 51.5 Å². The van der Waals surface area contributed by atoms with Gasteiger partial charge in [-0.05, 0) is 43.0 Å². The van der Waals surface area contributed by atoms with Crippen molar-refractivity contribution in [3.63, 3.8) is 0 Å². The number of rotatable bonds is 3. The molecule has 1 saturated carbocycles. The number of anilines is 2. The van der Waals surface area contributed by atoms with Crippen LogP contribution in [0.2, 0.25) is 0 Å². The van der Waals surface area contributed by atoms with Crippen LogP contribution < -0.4 is 10.2 Å². The van der Waals surface area contributed by atoms with Gasteiger partial charge < -0.3 is 15.1 Å². The number of likely N-dealkylation sites (tertiary alicyclic amines) is 1. The van der Waals surface area contributed by atoms with E-state index in [1.807, 2.05) is 23.1 Å². The van der Waals surface area contributed by atoms with E-state index in [2.05, 4.69) is 5.32 Å². The van der Waals surface area contributed by atoms with E-state index in [9.17, 15) is 14.4 Å². The van der Waals surface area contributed by atoms with Crippen LogP contribution in [-0.4, -0.2) is 41.8 Å². The maximum atomic E-state index is 12.6. The molecule has 3 aliphatic rings. The highest BCUT2D eigenvalue weighted by molar-refractivity contribution is 5.98. The maximum absolute atomic E-state index is 12.6. The van der Waals surface area contributed by atoms with E-state index in [0.717, 1.165) is 36.2 Å². The zero-order valence-electron chi connectivity index (χ0n) is 15.2. The molecule has 0 spiro atoms. The molecule has 1 aromatic carbocycles. The number of fused-ring (bicyclic) bond motifs is 1. The van der Waals surface area contributed by atoms with Crippen molar-refractivity contribution >= 4 is 29.1 Å². The summed E-state index contributed by atoms with van der Waals surface area (Å²) in [5.41, 5.74) is 2.75. The highest BCUT2D eigenvalue weighted by Gasteiger charge is 2.38. The molecule has 2 heterocycles. The van der Waals surface area contributed by atoms with Crippen LogP contribution in [0.1, 0.15) is 44.6 Å². The number of hydrogen-bond acceptors (Lipinski definition) is 3. The van der Waals surface area contributed by atoms with Gasteiger partial charge in [-0.3, -0.25) is 14.4 Å². The van der Waals surface area contributed by atoms with E-state index in [1.165, 1.54) is 12.8 Å². The Morgan fingerprint density at radius 2 is 1.96 bits per heavy atom. The molecule has 4 rings (SSSR count). The minimum Gasteiger partial charge on any atom is -0.339 e. The fourth-order valence-corrected chi connectivity index (χ4v) is 4.53. The predicted octanol–water partition coefficient (Wildman–Crippen LogP) is 2.33. The van der Waals surface area contributed by atoms with E-state index in [-0.39, 0.29) is 23.6 Å². The van der Waals surface area contributed by atoms with E-state index >= 15 is 0 Å². The SMILES string of the molecule is CC(=O)N1CCc2cc(NC(=O)C3CC(=O)N(C4CCCC4)C3)ccc21. The molecule has 1 N–H and O–H groups in total. The number of nitrogens with one attached hydrogen (secondary N) is 1. The lowest BCUT2D eigenvalue weighted by atomic mass is 10.1. The molecule has 1 aromatic rings. The smallest absolute Gasteiger partial charge is 0.229 e. The first kappa shape index (κ1) is 17.1. The quantitative estimate of drug-likeness (QED) is 0.905. The molecule has 0 bridgehead atoms. The van der Waals surface area contributed by atoms with Gasteiger partial charge in [-0.15, -0.1) is 0 Å². The van der Waals surface area contributed by atoms with Crippen molar-refractivity contribution < 1.29 is 14.4 Å². The molecule has 6 nitrogen and oxygen atoms in total. The first-order valence-corrected chi connectivity index (χ1v) is 9.54. The standard InChI is InChI=1S/C20H25N3O3/c1-13(24)22-9-8-14-10-16(6-7-18(14)22)21-20(26)15-11-19(25)23(12-15)17-4-2-3-5-17/h6-7,10,15,17H,2-5,8-9,11-12H2,1H3,(H,21,26). The topological polar surface area (TPSA) is 69.7 Å². The highest BCUT2D eigenvalue weighted by Crippen LogP contribution is 2.32. The summed E-state index contributed by atoms with van der Waals surface area (Å²) >= 11 is 0. The van der Waals surface area contributed by atoms with Crippen molar-refractivity contribution in [1.82, 2.24) is 4.90 Å². The fourth-order valence-electron chi connectivity index (χ4n) is 4.53. The van der Waals surface area contributed by atoms with Crippen LogP contribution >= 0.6 is 0 Å². The Kier molecular flexibility index (Phi) is 4.42. The molecule has 1 saturated heterocycles. The number of carbonyl (C=O) groups is 3. The second kappa shape index (κ2) is 6.74. The molecule has 1 unspecified atom stereocenters. The monoisotopic (exact) mass is 355 g/mol. The van der Waals surface area contributed by atoms with Gasteiger partial charge in [0.05, 0.1) is 5.92 Å². The molecule has 138 valence electrons. The fraction of sp³-hybridized carbons (Fsp3) is 0.550. The average Bonchev–Trinajstić information content (AvgIpc) is 3.32. The van der Waals surface area contributed by atoms with E-state index in [0.29, 0.717) is 25.6 Å². The molecule has 6 heteroatoms. The summed E-state index contributed by atoms with van der Waals surface area (Å²) < 4.78 is 0. The van der Waals surface area contributed by atoms with Gasteiger partial charge in [0.15, 0.2) is 0 Å². The summed E-state index contributed by atoms with van der Waals surface area (Å²) in [6, 6.07) is 6.01. The molecule has 0 aromatic heterocycles. The van der Waals surface area contributed by atoms with Crippen molar-refractivity contribution in [3.05, 3.63) is 23.8 Å². The molecule has 0 radical (unpaired) electrons. The zero-order chi connectivity index (χ0) is 18.3. The number of carbonyl (C=O) groups excluding carboxylic acids is 3. The van der Waals surface area contributed by atoms with Crippen molar-refractivity contribution in [1.29, 1.82) is 0 Å². The first-order chi connectivity index (χ1) is 12.5. The summed E-state index contributed by atoms with van der Waals surface area (Å²) in [4.78, 5) is 40.2. The Morgan fingerprint density at radius 3 is 2.69 bits per heavy atom. The van der Waals surface area contributed by atoms with E-state index < -0.39 is 0 Å². The molecule has 1 aliphatic carbocycles. The third-order valence-corrected chi connectivity index (χ3v) is 5.92. The van der Waals surface area contributed by atoms with E-state index in [1.54, 1.807) is 11.8 Å². The van der Waals surface area contributed by atoms with Gasteiger partial charge in [0, 0.05) is 43.9 Å². The molecule has 3 amide bonds. The second-order valence-corrected chi connectivity index (χ2v) is 7.64. The number of amides is 3. The Hall–Kier alpha value is -2.37. The van der Waals surface area contributed by atoms with Crippen LogP contribution in [0.4, 0.5) is 11.4 Å². The Morgan fingerprint density at radius 1 is 1.19 bits per heavy atom. The lowest BCUT2D eigenvalue weighted by molar-refractivity contribution is -0.130. The van der Waals surface area contributed by atoms with Gasteiger partial charge in [-0.25, -0.2) is 0 Å². The zero-order valence-corrected chi connectivity index (χ0v) is 15.2. The second-order valence-electron chi connectivity index (χ2n) is 7.64. The van der Waals surface area contributed by atoms with Gasteiger partial charge in [-0.1, -0.05) is 12.8 Å². The van der Waals surface area contributed by atoms with Crippen LogP contribution in [0, 0.1) is 5.92 Å². The molecule has 2 aliphatic heterocycles. The Balaban J connectivity index is 1.41. The van der Waals surface area contributed by atoms with E-state index in [4.69, 9.17) is 0 Å². The van der Waals surface area contributed by atoms with Crippen molar-refractivity contribution in [2.24, 2.45) is 5.92 Å². The van der Waals surface area contributed by atoms with Crippen LogP contribution in [-0.2, 0) is 20.8 Å². The maximum Gasteiger partial charge on any atom is 0.229 e. The van der Waals surface area contributed by atoms with Crippen LogP contribution in [0.25, 0.3) is 0 Å². The van der Waals surface area contributed by atoms with Crippen LogP contribution in [0.5, 0.6) is 0 Å². The summed E-state index contributed by atoms with van der Waals surface area (Å²) in [5.74, 6) is -0.203. The van der Waals surface area contributed by atoms with Crippen LogP contribution in [0.3, 0.4) is 0 Å². The molecular weight excluding hydrogens is 330 g/mol. The van der Waals surface area contributed by atoms with Gasteiger partial charge in [0.25, 0.3) is 0 Å².